The number of piperidine rings is 1. The highest BCUT2D eigenvalue weighted by Gasteiger charge is 2.30. The minimum Gasteiger partial charge on any atom is -0.315 e. The van der Waals surface area contributed by atoms with Crippen LogP contribution >= 0.6 is 0 Å². The molecule has 0 aromatic rings. The molecule has 1 saturated heterocycles. The Hall–Kier alpha value is -0.130. The Bertz CT molecular complexity index is 338. The van der Waals surface area contributed by atoms with Crippen LogP contribution in [0.4, 0.5) is 0 Å². The molecule has 1 aliphatic heterocycles. The average Bonchev–Trinajstić information content (AvgIpc) is 2.15. The number of hydrogen-bond donors (Lipinski definition) is 1. The van der Waals surface area contributed by atoms with E-state index < -0.39 is 14.6 Å². The van der Waals surface area contributed by atoms with Crippen LogP contribution in [-0.4, -0.2) is 57.5 Å². The summed E-state index contributed by atoms with van der Waals surface area (Å²) in [6, 6.07) is 0. The molecule has 4 nitrogen and oxygen atoms in total. The number of hydrogen-bond acceptors (Lipinski definition) is 4. The number of sulfone groups is 1. The first-order valence-electron chi connectivity index (χ1n) is 6.31. The predicted octanol–water partition coefficient (Wildman–Crippen LogP) is 0.741. The molecule has 0 aromatic heterocycles. The molecule has 102 valence electrons. The van der Waals surface area contributed by atoms with Crippen molar-refractivity contribution in [3.05, 3.63) is 0 Å². The summed E-state index contributed by atoms with van der Waals surface area (Å²) < 4.78 is 22.4. The summed E-state index contributed by atoms with van der Waals surface area (Å²) in [5, 5.41) is 3.32. The fourth-order valence-electron chi connectivity index (χ4n) is 2.15. The van der Waals surface area contributed by atoms with E-state index in [1.54, 1.807) is 13.8 Å². The Kier molecular flexibility index (Phi) is 4.98. The van der Waals surface area contributed by atoms with Crippen LogP contribution < -0.4 is 5.32 Å². The molecule has 1 heterocycles. The maximum absolute atomic E-state index is 11.5. The molecule has 17 heavy (non-hydrogen) atoms. The van der Waals surface area contributed by atoms with Crippen LogP contribution in [0.1, 0.15) is 26.7 Å². The Balaban J connectivity index is 2.32. The predicted molar refractivity (Wildman–Crippen MR) is 72.0 cm³/mol. The molecule has 1 fully saturated rings. The highest BCUT2D eigenvalue weighted by Crippen LogP contribution is 2.16. The van der Waals surface area contributed by atoms with E-state index in [2.05, 4.69) is 17.3 Å². The maximum Gasteiger partial charge on any atom is 0.153 e. The lowest BCUT2D eigenvalue weighted by Gasteiger charge is -2.31. The first kappa shape index (κ1) is 14.9. The Morgan fingerprint density at radius 1 is 1.41 bits per heavy atom. The van der Waals surface area contributed by atoms with Crippen LogP contribution in [0.15, 0.2) is 0 Å². The van der Waals surface area contributed by atoms with Gasteiger partial charge < -0.3 is 10.2 Å². The molecule has 0 bridgehead atoms. The summed E-state index contributed by atoms with van der Waals surface area (Å²) in [5.74, 6) is 0.657. The highest BCUT2D eigenvalue weighted by atomic mass is 32.2. The fourth-order valence-corrected chi connectivity index (χ4v) is 2.51. The minimum absolute atomic E-state index is 0.534. The fraction of sp³-hybridized carbons (Fsp3) is 1.00. The lowest BCUT2D eigenvalue weighted by Crippen LogP contribution is -2.45. The largest absolute Gasteiger partial charge is 0.315 e. The molecular weight excluding hydrogens is 236 g/mol. The van der Waals surface area contributed by atoms with Crippen molar-refractivity contribution in [3.63, 3.8) is 0 Å². The monoisotopic (exact) mass is 262 g/mol. The molecule has 1 rings (SSSR count). The molecular formula is C12H26N2O2S. The minimum atomic E-state index is -2.99. The van der Waals surface area contributed by atoms with Gasteiger partial charge in [0.05, 0.1) is 4.75 Å². The third-order valence-electron chi connectivity index (χ3n) is 3.71. The van der Waals surface area contributed by atoms with Gasteiger partial charge in [0.25, 0.3) is 0 Å². The van der Waals surface area contributed by atoms with Gasteiger partial charge >= 0.3 is 0 Å². The summed E-state index contributed by atoms with van der Waals surface area (Å²) in [6.07, 6.45) is 3.80. The van der Waals surface area contributed by atoms with Crippen molar-refractivity contribution in [2.45, 2.75) is 31.4 Å². The van der Waals surface area contributed by atoms with Crippen LogP contribution in [0.2, 0.25) is 0 Å². The summed E-state index contributed by atoms with van der Waals surface area (Å²) >= 11 is 0. The van der Waals surface area contributed by atoms with E-state index in [1.807, 2.05) is 0 Å². The van der Waals surface area contributed by atoms with Crippen LogP contribution in [-0.2, 0) is 9.84 Å². The van der Waals surface area contributed by atoms with Gasteiger partial charge in [-0.25, -0.2) is 8.42 Å². The molecule has 0 aliphatic carbocycles. The smallest absolute Gasteiger partial charge is 0.153 e. The summed E-state index contributed by atoms with van der Waals surface area (Å²) in [5.41, 5.74) is 0. The van der Waals surface area contributed by atoms with Crippen molar-refractivity contribution in [1.29, 1.82) is 0 Å². The second-order valence-corrected chi connectivity index (χ2v) is 8.58. The van der Waals surface area contributed by atoms with Crippen LogP contribution in [0.3, 0.4) is 0 Å². The Morgan fingerprint density at radius 3 is 2.59 bits per heavy atom. The van der Waals surface area contributed by atoms with Crippen molar-refractivity contribution in [2.24, 2.45) is 5.92 Å². The molecule has 0 aromatic carbocycles. The molecule has 1 aliphatic rings. The second-order valence-electron chi connectivity index (χ2n) is 5.93. The van der Waals surface area contributed by atoms with E-state index in [0.717, 1.165) is 13.1 Å². The van der Waals surface area contributed by atoms with Crippen molar-refractivity contribution in [3.8, 4) is 0 Å². The molecule has 0 saturated carbocycles. The standard InChI is InChI=1S/C12H26N2O2S/c1-12(2,17(4,15)16)10-13-8-11-6-5-7-14(3)9-11/h11,13H,5-10H2,1-4H3. The van der Waals surface area contributed by atoms with Gasteiger partial charge in [-0.1, -0.05) is 0 Å². The van der Waals surface area contributed by atoms with E-state index in [0.29, 0.717) is 12.5 Å². The van der Waals surface area contributed by atoms with E-state index in [-0.39, 0.29) is 0 Å². The quantitative estimate of drug-likeness (QED) is 0.794. The zero-order valence-corrected chi connectivity index (χ0v) is 12.3. The second kappa shape index (κ2) is 5.67. The van der Waals surface area contributed by atoms with Crippen molar-refractivity contribution in [2.75, 3.05) is 39.5 Å². The lowest BCUT2D eigenvalue weighted by molar-refractivity contribution is 0.205. The van der Waals surface area contributed by atoms with Crippen LogP contribution in [0.5, 0.6) is 0 Å². The molecule has 1 unspecified atom stereocenters. The van der Waals surface area contributed by atoms with Gasteiger partial charge in [0, 0.05) is 19.3 Å². The number of rotatable bonds is 5. The first-order chi connectivity index (χ1) is 7.72. The van der Waals surface area contributed by atoms with Gasteiger partial charge in [-0.05, 0) is 52.7 Å². The van der Waals surface area contributed by atoms with Gasteiger partial charge in [-0.15, -0.1) is 0 Å². The molecule has 0 amide bonds. The summed E-state index contributed by atoms with van der Waals surface area (Å²) in [7, 11) is -0.844. The lowest BCUT2D eigenvalue weighted by atomic mass is 9.98. The van der Waals surface area contributed by atoms with Crippen molar-refractivity contribution in [1.82, 2.24) is 10.2 Å². The number of likely N-dealkylation sites (tertiary alicyclic amines) is 1. The maximum atomic E-state index is 11.5. The molecule has 5 heteroatoms. The zero-order chi connectivity index (χ0) is 13.1. The SMILES string of the molecule is CN1CCCC(CNCC(C)(C)S(C)(=O)=O)C1. The molecule has 0 spiro atoms. The third-order valence-corrected chi connectivity index (χ3v) is 5.86. The third kappa shape index (κ3) is 4.56. The van der Waals surface area contributed by atoms with Crippen LogP contribution in [0.25, 0.3) is 0 Å². The molecule has 1 N–H and O–H groups in total. The highest BCUT2D eigenvalue weighted by molar-refractivity contribution is 7.92. The van der Waals surface area contributed by atoms with E-state index >= 15 is 0 Å². The van der Waals surface area contributed by atoms with Gasteiger partial charge in [0.1, 0.15) is 0 Å². The summed E-state index contributed by atoms with van der Waals surface area (Å²) in [4.78, 5) is 2.34. The van der Waals surface area contributed by atoms with Gasteiger partial charge in [-0.2, -0.15) is 0 Å². The van der Waals surface area contributed by atoms with Gasteiger partial charge in [0.2, 0.25) is 0 Å². The Labute approximate surface area is 106 Å². The zero-order valence-electron chi connectivity index (χ0n) is 11.5. The number of nitrogens with one attached hydrogen (secondary N) is 1. The van der Waals surface area contributed by atoms with Crippen LogP contribution in [0, 0.1) is 5.92 Å². The number of nitrogens with zero attached hydrogens (tertiary/aromatic N) is 1. The Morgan fingerprint density at radius 2 is 2.06 bits per heavy atom. The van der Waals surface area contributed by atoms with E-state index in [4.69, 9.17) is 0 Å². The van der Waals surface area contributed by atoms with Gasteiger partial charge in [-0.3, -0.25) is 0 Å². The van der Waals surface area contributed by atoms with Crippen molar-refractivity contribution < 1.29 is 8.42 Å². The normalized spacial score (nSPS) is 23.9. The first-order valence-corrected chi connectivity index (χ1v) is 8.20. The van der Waals surface area contributed by atoms with E-state index in [9.17, 15) is 8.42 Å². The van der Waals surface area contributed by atoms with Crippen molar-refractivity contribution >= 4 is 9.84 Å². The van der Waals surface area contributed by atoms with Gasteiger partial charge in [0.15, 0.2) is 9.84 Å². The molecule has 0 radical (unpaired) electrons. The summed E-state index contributed by atoms with van der Waals surface area (Å²) in [6.45, 7) is 7.32. The average molecular weight is 262 g/mol. The molecule has 1 atom stereocenters. The van der Waals surface area contributed by atoms with E-state index in [1.165, 1.54) is 25.6 Å². The topological polar surface area (TPSA) is 49.4 Å².